The molecule has 0 saturated heterocycles. The van der Waals surface area contributed by atoms with Crippen LogP contribution in [0.15, 0.2) is 59.8 Å². The molecule has 124 valence electrons. The van der Waals surface area contributed by atoms with Crippen LogP contribution >= 0.6 is 22.7 Å². The van der Waals surface area contributed by atoms with Gasteiger partial charge in [-0.25, -0.2) is 19.4 Å². The predicted molar refractivity (Wildman–Crippen MR) is 95.9 cm³/mol. The van der Waals surface area contributed by atoms with Crippen LogP contribution in [0.2, 0.25) is 0 Å². The lowest BCUT2D eigenvalue weighted by Gasteiger charge is -2.04. The lowest BCUT2D eigenvalue weighted by molar-refractivity contribution is 0.0468. The molecule has 4 rings (SSSR count). The Morgan fingerprint density at radius 2 is 2.04 bits per heavy atom. The van der Waals surface area contributed by atoms with Crippen molar-refractivity contribution in [3.63, 3.8) is 0 Å². The Morgan fingerprint density at radius 1 is 1.16 bits per heavy atom. The molecule has 0 spiro atoms. The van der Waals surface area contributed by atoms with E-state index in [9.17, 15) is 4.79 Å². The van der Waals surface area contributed by atoms with Gasteiger partial charge in [0.25, 0.3) is 0 Å². The highest BCUT2D eigenvalue weighted by molar-refractivity contribution is 7.20. The highest BCUT2D eigenvalue weighted by Gasteiger charge is 2.10. The SMILES string of the molecule is O=C(OCc1csc(-c2cccs2)n1)c1ccc(-n2cncn2)cc1. The number of carbonyl (C=O) groups excluding carboxylic acids is 1. The molecule has 0 amide bonds. The van der Waals surface area contributed by atoms with Crippen LogP contribution in [0.3, 0.4) is 0 Å². The van der Waals surface area contributed by atoms with Crippen molar-refractivity contribution >= 4 is 28.6 Å². The summed E-state index contributed by atoms with van der Waals surface area (Å²) in [4.78, 5) is 21.7. The van der Waals surface area contributed by atoms with Crippen molar-refractivity contribution in [2.45, 2.75) is 6.61 Å². The molecule has 3 heterocycles. The number of hydrogen-bond acceptors (Lipinski definition) is 7. The molecular weight excluding hydrogens is 356 g/mol. The molecule has 0 aliphatic heterocycles. The summed E-state index contributed by atoms with van der Waals surface area (Å²) in [6, 6.07) is 11.0. The Morgan fingerprint density at radius 3 is 2.76 bits per heavy atom. The number of carbonyl (C=O) groups is 1. The van der Waals surface area contributed by atoms with E-state index < -0.39 is 0 Å². The van der Waals surface area contributed by atoms with Crippen molar-refractivity contribution in [2.24, 2.45) is 0 Å². The van der Waals surface area contributed by atoms with Crippen molar-refractivity contribution in [2.75, 3.05) is 0 Å². The Labute approximate surface area is 151 Å². The number of thiazole rings is 1. The second-order valence-electron chi connectivity index (χ2n) is 5.08. The van der Waals surface area contributed by atoms with E-state index in [4.69, 9.17) is 4.74 Å². The van der Waals surface area contributed by atoms with Crippen LogP contribution in [-0.2, 0) is 11.3 Å². The molecule has 0 aliphatic carbocycles. The number of benzene rings is 1. The van der Waals surface area contributed by atoms with Crippen LogP contribution in [-0.4, -0.2) is 25.7 Å². The van der Waals surface area contributed by atoms with Gasteiger partial charge in [0, 0.05) is 5.38 Å². The molecule has 3 aromatic heterocycles. The largest absolute Gasteiger partial charge is 0.456 e. The van der Waals surface area contributed by atoms with Crippen LogP contribution in [0.1, 0.15) is 16.1 Å². The number of ether oxygens (including phenoxy) is 1. The first kappa shape index (κ1) is 15.7. The summed E-state index contributed by atoms with van der Waals surface area (Å²) in [7, 11) is 0. The first-order valence-corrected chi connectivity index (χ1v) is 9.16. The Kier molecular flexibility index (Phi) is 4.36. The number of esters is 1. The van der Waals surface area contributed by atoms with Crippen LogP contribution < -0.4 is 0 Å². The van der Waals surface area contributed by atoms with E-state index in [0.717, 1.165) is 21.3 Å². The fraction of sp³-hybridized carbons (Fsp3) is 0.0588. The lowest BCUT2D eigenvalue weighted by Crippen LogP contribution is -2.06. The molecule has 4 aromatic rings. The maximum absolute atomic E-state index is 12.2. The van der Waals surface area contributed by atoms with Crippen molar-refractivity contribution in [3.8, 4) is 15.6 Å². The van der Waals surface area contributed by atoms with Crippen molar-refractivity contribution in [1.82, 2.24) is 19.7 Å². The van der Waals surface area contributed by atoms with E-state index >= 15 is 0 Å². The Bertz CT molecular complexity index is 961. The molecule has 6 nitrogen and oxygen atoms in total. The predicted octanol–water partition coefficient (Wildman–Crippen LogP) is 3.81. The maximum Gasteiger partial charge on any atom is 0.338 e. The lowest BCUT2D eigenvalue weighted by atomic mass is 10.2. The fourth-order valence-electron chi connectivity index (χ4n) is 2.20. The molecule has 25 heavy (non-hydrogen) atoms. The van der Waals surface area contributed by atoms with Crippen molar-refractivity contribution in [1.29, 1.82) is 0 Å². The van der Waals surface area contributed by atoms with E-state index in [1.807, 2.05) is 22.9 Å². The summed E-state index contributed by atoms with van der Waals surface area (Å²) in [5.74, 6) is -0.379. The van der Waals surface area contributed by atoms with E-state index in [1.54, 1.807) is 57.9 Å². The van der Waals surface area contributed by atoms with Crippen LogP contribution in [0.25, 0.3) is 15.6 Å². The number of thiophene rings is 1. The van der Waals surface area contributed by atoms with Gasteiger partial charge in [-0.15, -0.1) is 22.7 Å². The third kappa shape index (κ3) is 3.49. The monoisotopic (exact) mass is 368 g/mol. The number of hydrogen-bond donors (Lipinski definition) is 0. The van der Waals surface area contributed by atoms with Gasteiger partial charge in [-0.1, -0.05) is 6.07 Å². The second-order valence-corrected chi connectivity index (χ2v) is 6.89. The first-order valence-electron chi connectivity index (χ1n) is 7.40. The maximum atomic E-state index is 12.2. The minimum absolute atomic E-state index is 0.158. The zero-order valence-electron chi connectivity index (χ0n) is 12.9. The van der Waals surface area contributed by atoms with E-state index in [1.165, 1.54) is 6.33 Å². The minimum Gasteiger partial charge on any atom is -0.456 e. The zero-order chi connectivity index (χ0) is 17.1. The Balaban J connectivity index is 1.39. The van der Waals surface area contributed by atoms with Gasteiger partial charge < -0.3 is 4.74 Å². The van der Waals surface area contributed by atoms with Gasteiger partial charge >= 0.3 is 5.97 Å². The molecule has 1 aromatic carbocycles. The summed E-state index contributed by atoms with van der Waals surface area (Å²) in [5.41, 5.74) is 2.06. The van der Waals surface area contributed by atoms with Crippen molar-refractivity contribution < 1.29 is 9.53 Å². The van der Waals surface area contributed by atoms with Crippen LogP contribution in [0, 0.1) is 0 Å². The van der Waals surface area contributed by atoms with E-state index in [0.29, 0.717) is 5.56 Å². The molecule has 0 aliphatic rings. The molecule has 8 heteroatoms. The number of rotatable bonds is 5. The van der Waals surface area contributed by atoms with E-state index in [-0.39, 0.29) is 12.6 Å². The van der Waals surface area contributed by atoms with Gasteiger partial charge in [0.15, 0.2) is 0 Å². The molecule has 0 unspecified atom stereocenters. The molecule has 0 fully saturated rings. The summed E-state index contributed by atoms with van der Waals surface area (Å²) in [5, 5.41) is 8.91. The van der Waals surface area contributed by atoms with Crippen molar-refractivity contribution in [3.05, 3.63) is 71.1 Å². The number of nitrogens with zero attached hydrogens (tertiary/aromatic N) is 4. The molecule has 0 atom stereocenters. The molecule has 0 saturated carbocycles. The average Bonchev–Trinajstić information content (AvgIpc) is 3.42. The molecule has 0 radical (unpaired) electrons. The van der Waals surface area contributed by atoms with Gasteiger partial charge in [0.05, 0.1) is 21.8 Å². The quantitative estimate of drug-likeness (QED) is 0.501. The van der Waals surface area contributed by atoms with E-state index in [2.05, 4.69) is 15.1 Å². The Hall–Kier alpha value is -2.84. The van der Waals surface area contributed by atoms with Gasteiger partial charge in [-0.2, -0.15) is 5.10 Å². The van der Waals surface area contributed by atoms with Crippen LogP contribution in [0.4, 0.5) is 0 Å². The van der Waals surface area contributed by atoms with Gasteiger partial charge in [0.2, 0.25) is 0 Å². The molecular formula is C17H12N4O2S2. The second kappa shape index (κ2) is 6.96. The summed E-state index contributed by atoms with van der Waals surface area (Å²) < 4.78 is 6.97. The normalized spacial score (nSPS) is 10.7. The zero-order valence-corrected chi connectivity index (χ0v) is 14.5. The third-order valence-corrected chi connectivity index (χ3v) is 5.35. The summed E-state index contributed by atoms with van der Waals surface area (Å²) in [6.07, 6.45) is 3.06. The highest BCUT2D eigenvalue weighted by Crippen LogP contribution is 2.28. The third-order valence-electron chi connectivity index (χ3n) is 3.42. The standard InChI is InChI=1S/C17H12N4O2S2/c22-17(12-3-5-14(6-4-12)21-11-18-10-19-21)23-8-13-9-25-16(20-13)15-2-1-7-24-15/h1-7,9-11H,8H2. The molecule has 0 N–H and O–H groups in total. The van der Waals surface area contributed by atoms with Gasteiger partial charge in [-0.05, 0) is 35.7 Å². The molecule has 0 bridgehead atoms. The first-order chi connectivity index (χ1) is 12.3. The topological polar surface area (TPSA) is 69.9 Å². The fourth-order valence-corrected chi connectivity index (χ4v) is 3.82. The summed E-state index contributed by atoms with van der Waals surface area (Å²) >= 11 is 3.19. The van der Waals surface area contributed by atoms with Gasteiger partial charge in [0.1, 0.15) is 24.3 Å². The smallest absolute Gasteiger partial charge is 0.338 e. The highest BCUT2D eigenvalue weighted by atomic mass is 32.1. The number of aromatic nitrogens is 4. The van der Waals surface area contributed by atoms with Gasteiger partial charge in [-0.3, -0.25) is 0 Å². The summed E-state index contributed by atoms with van der Waals surface area (Å²) in [6.45, 7) is 0.158. The minimum atomic E-state index is -0.379. The average molecular weight is 368 g/mol. The van der Waals surface area contributed by atoms with Crippen LogP contribution in [0.5, 0.6) is 0 Å².